The highest BCUT2D eigenvalue weighted by Gasteiger charge is 2.49. The highest BCUT2D eigenvalue weighted by molar-refractivity contribution is 6.41. The van der Waals surface area contributed by atoms with E-state index in [4.69, 9.17) is 5.73 Å². The summed E-state index contributed by atoms with van der Waals surface area (Å²) < 4.78 is 0. The minimum Gasteiger partial charge on any atom is -0.346 e. The molecule has 0 aromatic heterocycles. The van der Waals surface area contributed by atoms with Crippen LogP contribution >= 0.6 is 0 Å². The molecule has 0 radical (unpaired) electrons. The summed E-state index contributed by atoms with van der Waals surface area (Å²) in [6, 6.07) is 7.85. The number of para-hydroxylation sites is 1. The molecule has 1 heterocycles. The van der Waals surface area contributed by atoms with Gasteiger partial charge in [0.05, 0.1) is 0 Å². The van der Waals surface area contributed by atoms with Gasteiger partial charge in [0, 0.05) is 30.2 Å². The Hall–Kier alpha value is -1.88. The summed E-state index contributed by atoms with van der Waals surface area (Å²) in [6.45, 7) is 3.01. The molecule has 1 saturated carbocycles. The van der Waals surface area contributed by atoms with E-state index in [1.807, 2.05) is 31.2 Å². The molecule has 106 valence electrons. The van der Waals surface area contributed by atoms with E-state index in [1.165, 1.54) is 0 Å². The number of rotatable bonds is 3. The van der Waals surface area contributed by atoms with E-state index in [1.54, 1.807) is 4.90 Å². The van der Waals surface area contributed by atoms with Crippen LogP contribution in [0.25, 0.3) is 0 Å². The molecule has 2 aliphatic rings. The molecule has 1 saturated heterocycles. The van der Waals surface area contributed by atoms with Crippen molar-refractivity contribution in [3.05, 3.63) is 29.8 Å². The van der Waals surface area contributed by atoms with Crippen molar-refractivity contribution < 1.29 is 9.59 Å². The minimum atomic E-state index is -0.531. The molecule has 1 aliphatic carbocycles. The van der Waals surface area contributed by atoms with Crippen LogP contribution in [0.3, 0.4) is 0 Å². The van der Waals surface area contributed by atoms with Crippen molar-refractivity contribution in [3.63, 3.8) is 0 Å². The molecular weight excluding hydrogens is 254 g/mol. The number of nitrogens with one attached hydrogen (secondary N) is 1. The predicted octanol–water partition coefficient (Wildman–Crippen LogP) is 0.528. The number of carbonyl (C=O) groups is 2. The molecule has 1 aromatic carbocycles. The molecule has 1 aromatic rings. The molecule has 20 heavy (non-hydrogen) atoms. The highest BCUT2D eigenvalue weighted by Crippen LogP contribution is 2.53. The number of anilines is 1. The average Bonchev–Trinajstić information content (AvgIpc) is 3.23. The number of nitrogens with two attached hydrogens (primary N) is 1. The first-order chi connectivity index (χ1) is 9.56. The standard InChI is InChI=1S/C15H19N3O2/c1-10(16)15(6-7-15)11-4-2-3-5-12(11)18-9-8-17-13(19)14(18)20/h2-5,10H,6-9,16H2,1H3,(H,17,19). The first kappa shape index (κ1) is 13.1. The van der Waals surface area contributed by atoms with Gasteiger partial charge in [-0.05, 0) is 31.4 Å². The van der Waals surface area contributed by atoms with E-state index in [2.05, 4.69) is 5.32 Å². The van der Waals surface area contributed by atoms with Crippen LogP contribution < -0.4 is 16.0 Å². The van der Waals surface area contributed by atoms with Gasteiger partial charge in [0.1, 0.15) is 0 Å². The fourth-order valence-electron chi connectivity index (χ4n) is 3.05. The molecule has 1 atom stereocenters. The summed E-state index contributed by atoms with van der Waals surface area (Å²) in [4.78, 5) is 25.2. The van der Waals surface area contributed by atoms with Crippen LogP contribution in [-0.4, -0.2) is 30.9 Å². The summed E-state index contributed by atoms with van der Waals surface area (Å²) in [6.07, 6.45) is 2.08. The molecule has 2 fully saturated rings. The maximum Gasteiger partial charge on any atom is 0.316 e. The van der Waals surface area contributed by atoms with E-state index in [0.717, 1.165) is 24.1 Å². The summed E-state index contributed by atoms with van der Waals surface area (Å²) in [5.41, 5.74) is 8.04. The predicted molar refractivity (Wildman–Crippen MR) is 76.4 cm³/mol. The van der Waals surface area contributed by atoms with Crippen molar-refractivity contribution in [2.45, 2.75) is 31.2 Å². The lowest BCUT2D eigenvalue weighted by Crippen LogP contribution is -2.53. The normalized spacial score (nSPS) is 22.4. The van der Waals surface area contributed by atoms with Gasteiger partial charge in [-0.3, -0.25) is 9.59 Å². The quantitative estimate of drug-likeness (QED) is 0.789. The Bertz CT molecular complexity index is 564. The third kappa shape index (κ3) is 1.89. The van der Waals surface area contributed by atoms with Gasteiger partial charge in [0.25, 0.3) is 0 Å². The summed E-state index contributed by atoms with van der Waals surface area (Å²) >= 11 is 0. The van der Waals surface area contributed by atoms with Crippen LogP contribution in [0.15, 0.2) is 24.3 Å². The Morgan fingerprint density at radius 3 is 2.65 bits per heavy atom. The Balaban J connectivity index is 2.02. The van der Waals surface area contributed by atoms with Gasteiger partial charge in [-0.2, -0.15) is 0 Å². The number of benzene rings is 1. The zero-order chi connectivity index (χ0) is 14.3. The fourth-order valence-corrected chi connectivity index (χ4v) is 3.05. The molecule has 2 amide bonds. The number of carbonyl (C=O) groups excluding carboxylic acids is 2. The summed E-state index contributed by atoms with van der Waals surface area (Å²) in [5.74, 6) is -1.01. The van der Waals surface area contributed by atoms with Crippen molar-refractivity contribution in [2.24, 2.45) is 5.73 Å². The van der Waals surface area contributed by atoms with E-state index in [9.17, 15) is 9.59 Å². The van der Waals surface area contributed by atoms with Crippen molar-refractivity contribution in [3.8, 4) is 0 Å². The smallest absolute Gasteiger partial charge is 0.316 e. The van der Waals surface area contributed by atoms with E-state index in [0.29, 0.717) is 13.1 Å². The molecule has 0 spiro atoms. The summed E-state index contributed by atoms with van der Waals surface area (Å²) in [7, 11) is 0. The van der Waals surface area contributed by atoms with Crippen LogP contribution in [0.4, 0.5) is 5.69 Å². The molecule has 1 unspecified atom stereocenters. The van der Waals surface area contributed by atoms with Gasteiger partial charge >= 0.3 is 11.8 Å². The van der Waals surface area contributed by atoms with Gasteiger partial charge < -0.3 is 16.0 Å². The average molecular weight is 273 g/mol. The first-order valence-corrected chi connectivity index (χ1v) is 7.01. The number of hydrogen-bond donors (Lipinski definition) is 2. The van der Waals surface area contributed by atoms with E-state index in [-0.39, 0.29) is 11.5 Å². The topological polar surface area (TPSA) is 75.4 Å². The van der Waals surface area contributed by atoms with Crippen LogP contribution in [-0.2, 0) is 15.0 Å². The third-order valence-electron chi connectivity index (χ3n) is 4.45. The summed E-state index contributed by atoms with van der Waals surface area (Å²) in [5, 5.41) is 2.57. The monoisotopic (exact) mass is 273 g/mol. The Morgan fingerprint density at radius 2 is 2.00 bits per heavy atom. The van der Waals surface area contributed by atoms with Gasteiger partial charge in [-0.15, -0.1) is 0 Å². The zero-order valence-electron chi connectivity index (χ0n) is 11.6. The molecule has 0 bridgehead atoms. The largest absolute Gasteiger partial charge is 0.346 e. The molecule has 3 rings (SSSR count). The lowest BCUT2D eigenvalue weighted by atomic mass is 9.87. The second-order valence-electron chi connectivity index (χ2n) is 5.67. The maximum absolute atomic E-state index is 12.1. The maximum atomic E-state index is 12.1. The van der Waals surface area contributed by atoms with Gasteiger partial charge in [-0.1, -0.05) is 18.2 Å². The fraction of sp³-hybridized carbons (Fsp3) is 0.467. The van der Waals surface area contributed by atoms with Crippen LogP contribution in [0, 0.1) is 0 Å². The molecule has 5 nitrogen and oxygen atoms in total. The number of piperazine rings is 1. The first-order valence-electron chi connectivity index (χ1n) is 7.01. The van der Waals surface area contributed by atoms with Crippen LogP contribution in [0.2, 0.25) is 0 Å². The van der Waals surface area contributed by atoms with Crippen molar-refractivity contribution >= 4 is 17.5 Å². The minimum absolute atomic E-state index is 0.0369. The van der Waals surface area contributed by atoms with Crippen molar-refractivity contribution in [2.75, 3.05) is 18.0 Å². The van der Waals surface area contributed by atoms with E-state index >= 15 is 0 Å². The van der Waals surface area contributed by atoms with Crippen molar-refractivity contribution in [1.29, 1.82) is 0 Å². The van der Waals surface area contributed by atoms with Gasteiger partial charge in [0.15, 0.2) is 0 Å². The second-order valence-corrected chi connectivity index (χ2v) is 5.67. The van der Waals surface area contributed by atoms with E-state index < -0.39 is 11.8 Å². The van der Waals surface area contributed by atoms with Gasteiger partial charge in [-0.25, -0.2) is 0 Å². The zero-order valence-corrected chi connectivity index (χ0v) is 11.6. The van der Waals surface area contributed by atoms with Crippen molar-refractivity contribution in [1.82, 2.24) is 5.32 Å². The van der Waals surface area contributed by atoms with Gasteiger partial charge in [0.2, 0.25) is 0 Å². The number of nitrogens with zero attached hydrogens (tertiary/aromatic N) is 1. The molecular formula is C15H19N3O2. The second kappa shape index (κ2) is 4.59. The Labute approximate surface area is 118 Å². The molecule has 1 aliphatic heterocycles. The number of amides is 2. The highest BCUT2D eigenvalue weighted by atomic mass is 16.2. The third-order valence-corrected chi connectivity index (χ3v) is 4.45. The number of hydrogen-bond acceptors (Lipinski definition) is 3. The lowest BCUT2D eigenvalue weighted by molar-refractivity contribution is -0.138. The molecule has 3 N–H and O–H groups in total. The SMILES string of the molecule is CC(N)C1(c2ccccc2N2CCNC(=O)C2=O)CC1. The Kier molecular flexibility index (Phi) is 3.01. The van der Waals surface area contributed by atoms with Crippen LogP contribution in [0.5, 0.6) is 0 Å². The Morgan fingerprint density at radius 1 is 1.30 bits per heavy atom. The molecule has 5 heteroatoms. The lowest BCUT2D eigenvalue weighted by Gasteiger charge is -2.31. The van der Waals surface area contributed by atoms with Crippen LogP contribution in [0.1, 0.15) is 25.3 Å².